The Morgan fingerprint density at radius 3 is 2.52 bits per heavy atom. The van der Waals surface area contributed by atoms with Gasteiger partial charge in [0.1, 0.15) is 0 Å². The van der Waals surface area contributed by atoms with Crippen LogP contribution in [-0.2, 0) is 4.79 Å². The van der Waals surface area contributed by atoms with Gasteiger partial charge in [0.2, 0.25) is 5.91 Å². The number of benzene rings is 1. The summed E-state index contributed by atoms with van der Waals surface area (Å²) in [5.41, 5.74) is 0.358. The van der Waals surface area contributed by atoms with E-state index in [-0.39, 0.29) is 18.0 Å². The van der Waals surface area contributed by atoms with Gasteiger partial charge in [0.15, 0.2) is 0 Å². The minimum Gasteiger partial charge on any atom is -0.478 e. The zero-order chi connectivity index (χ0) is 16.0. The molecule has 0 spiro atoms. The van der Waals surface area contributed by atoms with Gasteiger partial charge >= 0.3 is 12.0 Å². The van der Waals surface area contributed by atoms with Gasteiger partial charge in [-0.25, -0.2) is 9.59 Å². The molecule has 0 aliphatic rings. The van der Waals surface area contributed by atoms with Gasteiger partial charge < -0.3 is 20.6 Å². The fourth-order valence-corrected chi connectivity index (χ4v) is 1.92. The summed E-state index contributed by atoms with van der Waals surface area (Å²) in [6.45, 7) is 2.25. The molecular weight excluding hydrogens is 342 g/mol. The van der Waals surface area contributed by atoms with Gasteiger partial charge in [-0.1, -0.05) is 15.9 Å². The molecule has 1 aromatic rings. The fraction of sp³-hybridized carbons (Fsp3) is 0.308. The standard InChI is InChI=1S/C13H16BrN3O4/c1-3-17(2)11(18)7-15-13(21)16-10-5-8(12(19)20)4-9(14)6-10/h4-6H,3,7H2,1-2H3,(H,19,20)(H2,15,16,21). The number of carbonyl (C=O) groups excluding carboxylic acids is 2. The highest BCUT2D eigenvalue weighted by molar-refractivity contribution is 9.10. The molecule has 1 rings (SSSR count). The Balaban J connectivity index is 2.63. The van der Waals surface area contributed by atoms with Crippen LogP contribution in [0.25, 0.3) is 0 Å². The van der Waals surface area contributed by atoms with Crippen molar-refractivity contribution in [3.8, 4) is 0 Å². The summed E-state index contributed by atoms with van der Waals surface area (Å²) in [6.07, 6.45) is 0. The van der Waals surface area contributed by atoms with Gasteiger partial charge in [0.05, 0.1) is 12.1 Å². The van der Waals surface area contributed by atoms with Crippen LogP contribution in [0, 0.1) is 0 Å². The van der Waals surface area contributed by atoms with Gasteiger partial charge in [-0.15, -0.1) is 0 Å². The number of anilines is 1. The van der Waals surface area contributed by atoms with Gasteiger partial charge in [-0.2, -0.15) is 0 Å². The van der Waals surface area contributed by atoms with E-state index < -0.39 is 12.0 Å². The summed E-state index contributed by atoms with van der Waals surface area (Å²) in [5.74, 6) is -1.31. The van der Waals surface area contributed by atoms with Crippen molar-refractivity contribution in [3.05, 3.63) is 28.2 Å². The second-order valence-electron chi connectivity index (χ2n) is 4.25. The highest BCUT2D eigenvalue weighted by Crippen LogP contribution is 2.19. The SMILES string of the molecule is CCN(C)C(=O)CNC(=O)Nc1cc(Br)cc(C(=O)O)c1. The molecular formula is C13H16BrN3O4. The Morgan fingerprint density at radius 1 is 1.29 bits per heavy atom. The summed E-state index contributed by atoms with van der Waals surface area (Å²) < 4.78 is 0.527. The number of rotatable bonds is 5. The lowest BCUT2D eigenvalue weighted by molar-refractivity contribution is -0.128. The summed E-state index contributed by atoms with van der Waals surface area (Å²) in [6, 6.07) is 3.73. The van der Waals surface area contributed by atoms with Gasteiger partial charge in [-0.3, -0.25) is 4.79 Å². The molecule has 0 bridgehead atoms. The van der Waals surface area contributed by atoms with Crippen LogP contribution in [0.2, 0.25) is 0 Å². The maximum absolute atomic E-state index is 11.7. The highest BCUT2D eigenvalue weighted by Gasteiger charge is 2.11. The number of nitrogens with one attached hydrogen (secondary N) is 2. The van der Waals surface area contributed by atoms with Crippen LogP contribution in [-0.4, -0.2) is 48.1 Å². The van der Waals surface area contributed by atoms with E-state index in [1.807, 2.05) is 6.92 Å². The molecule has 1 aromatic carbocycles. The second kappa shape index (κ2) is 7.63. The van der Waals surface area contributed by atoms with E-state index in [1.165, 1.54) is 17.0 Å². The Labute approximate surface area is 130 Å². The Bertz CT molecular complexity index is 562. The molecule has 0 saturated heterocycles. The lowest BCUT2D eigenvalue weighted by atomic mass is 10.2. The topological polar surface area (TPSA) is 98.7 Å². The lowest BCUT2D eigenvalue weighted by Gasteiger charge is -2.15. The third kappa shape index (κ3) is 5.42. The van der Waals surface area contributed by atoms with Crippen molar-refractivity contribution in [2.75, 3.05) is 25.5 Å². The number of hydrogen-bond acceptors (Lipinski definition) is 3. The van der Waals surface area contributed by atoms with Gasteiger partial charge in [0.25, 0.3) is 0 Å². The van der Waals surface area contributed by atoms with Crippen LogP contribution in [0.3, 0.4) is 0 Å². The molecule has 0 aliphatic heterocycles. The molecule has 0 aromatic heterocycles. The zero-order valence-electron chi connectivity index (χ0n) is 11.6. The number of halogens is 1. The van der Waals surface area contributed by atoms with Crippen LogP contribution in [0.5, 0.6) is 0 Å². The monoisotopic (exact) mass is 357 g/mol. The summed E-state index contributed by atoms with van der Waals surface area (Å²) >= 11 is 3.17. The number of amides is 3. The number of aromatic carboxylic acids is 1. The third-order valence-electron chi connectivity index (χ3n) is 2.70. The number of carboxylic acids is 1. The van der Waals surface area contributed by atoms with Crippen LogP contribution in [0.1, 0.15) is 17.3 Å². The molecule has 0 saturated carbocycles. The highest BCUT2D eigenvalue weighted by atomic mass is 79.9. The number of likely N-dealkylation sites (N-methyl/N-ethyl adjacent to an activating group) is 1. The predicted octanol–water partition coefficient (Wildman–Crippen LogP) is 1.75. The van der Waals surface area contributed by atoms with Crippen molar-refractivity contribution < 1.29 is 19.5 Å². The van der Waals surface area contributed by atoms with E-state index in [0.29, 0.717) is 16.7 Å². The average molecular weight is 358 g/mol. The summed E-state index contributed by atoms with van der Waals surface area (Å²) in [5, 5.41) is 13.8. The molecule has 3 amide bonds. The molecule has 7 nitrogen and oxygen atoms in total. The van der Waals surface area contributed by atoms with Crippen molar-refractivity contribution >= 4 is 39.5 Å². The van der Waals surface area contributed by atoms with E-state index in [4.69, 9.17) is 5.11 Å². The fourth-order valence-electron chi connectivity index (χ4n) is 1.43. The number of carbonyl (C=O) groups is 3. The Kier molecular flexibility index (Phi) is 6.16. The van der Waals surface area contributed by atoms with E-state index >= 15 is 0 Å². The molecule has 0 atom stereocenters. The van der Waals surface area contributed by atoms with Crippen molar-refractivity contribution in [3.63, 3.8) is 0 Å². The molecule has 8 heteroatoms. The Hall–Kier alpha value is -2.09. The molecule has 3 N–H and O–H groups in total. The van der Waals surface area contributed by atoms with Crippen molar-refractivity contribution in [2.24, 2.45) is 0 Å². The molecule has 0 unspecified atom stereocenters. The first-order valence-electron chi connectivity index (χ1n) is 6.16. The molecule has 0 radical (unpaired) electrons. The molecule has 0 aliphatic carbocycles. The van der Waals surface area contributed by atoms with E-state index in [2.05, 4.69) is 26.6 Å². The first kappa shape index (κ1) is 17.0. The maximum atomic E-state index is 11.7. The number of carboxylic acid groups (broad SMARTS) is 1. The predicted molar refractivity (Wildman–Crippen MR) is 81.4 cm³/mol. The maximum Gasteiger partial charge on any atom is 0.335 e. The quantitative estimate of drug-likeness (QED) is 0.747. The summed E-state index contributed by atoms with van der Waals surface area (Å²) in [4.78, 5) is 35.6. The molecule has 0 heterocycles. The smallest absolute Gasteiger partial charge is 0.335 e. The zero-order valence-corrected chi connectivity index (χ0v) is 13.2. The minimum absolute atomic E-state index is 0.0430. The van der Waals surface area contributed by atoms with Crippen LogP contribution in [0.4, 0.5) is 10.5 Å². The van der Waals surface area contributed by atoms with Crippen molar-refractivity contribution in [1.82, 2.24) is 10.2 Å². The van der Waals surface area contributed by atoms with E-state index in [1.54, 1.807) is 13.1 Å². The first-order valence-corrected chi connectivity index (χ1v) is 6.95. The largest absolute Gasteiger partial charge is 0.478 e. The normalized spacial score (nSPS) is 9.86. The van der Waals surface area contributed by atoms with Crippen molar-refractivity contribution in [1.29, 1.82) is 0 Å². The van der Waals surface area contributed by atoms with Crippen molar-refractivity contribution in [2.45, 2.75) is 6.92 Å². The second-order valence-corrected chi connectivity index (χ2v) is 5.17. The number of urea groups is 1. The summed E-state index contributed by atoms with van der Waals surface area (Å²) in [7, 11) is 1.63. The lowest BCUT2D eigenvalue weighted by Crippen LogP contribution is -2.39. The van der Waals surface area contributed by atoms with Gasteiger partial charge in [-0.05, 0) is 25.1 Å². The van der Waals surface area contributed by atoms with Gasteiger partial charge in [0, 0.05) is 23.8 Å². The minimum atomic E-state index is -1.10. The van der Waals surface area contributed by atoms with Crippen LogP contribution in [0.15, 0.2) is 22.7 Å². The third-order valence-corrected chi connectivity index (χ3v) is 3.16. The van der Waals surface area contributed by atoms with Crippen LogP contribution < -0.4 is 10.6 Å². The van der Waals surface area contributed by atoms with Crippen LogP contribution >= 0.6 is 15.9 Å². The van der Waals surface area contributed by atoms with E-state index in [9.17, 15) is 14.4 Å². The molecule has 21 heavy (non-hydrogen) atoms. The Morgan fingerprint density at radius 2 is 1.95 bits per heavy atom. The molecule has 114 valence electrons. The molecule has 0 fully saturated rings. The van der Waals surface area contributed by atoms with E-state index in [0.717, 1.165) is 0 Å². The number of nitrogens with zero attached hydrogens (tertiary/aromatic N) is 1. The average Bonchev–Trinajstić information content (AvgIpc) is 2.43. The number of hydrogen-bond donors (Lipinski definition) is 3. The first-order chi connectivity index (χ1) is 9.83.